The molecule has 1 atom stereocenters. The first-order valence-corrected chi connectivity index (χ1v) is 8.19. The van der Waals surface area contributed by atoms with Gasteiger partial charge in [0.25, 0.3) is 0 Å². The van der Waals surface area contributed by atoms with Gasteiger partial charge in [-0.2, -0.15) is 0 Å². The second-order valence-corrected chi connectivity index (χ2v) is 6.88. The van der Waals surface area contributed by atoms with E-state index in [0.717, 1.165) is 0 Å². The van der Waals surface area contributed by atoms with Crippen molar-refractivity contribution in [1.82, 2.24) is 0 Å². The number of hydrogen-bond donors (Lipinski definition) is 0. The molecule has 0 nitrogen and oxygen atoms in total. The fourth-order valence-electron chi connectivity index (χ4n) is 2.49. The van der Waals surface area contributed by atoms with Crippen LogP contribution in [0.1, 0.15) is 25.7 Å². The SMILES string of the molecule is C1=CCCC([S+](C2=CCCC=C2)c2ccccc2)=C1. The van der Waals surface area contributed by atoms with E-state index in [2.05, 4.69) is 66.8 Å². The molecule has 0 N–H and O–H groups in total. The molecule has 1 unspecified atom stereocenters. The van der Waals surface area contributed by atoms with Gasteiger partial charge < -0.3 is 0 Å². The van der Waals surface area contributed by atoms with E-state index >= 15 is 0 Å². The molecule has 96 valence electrons. The molecule has 0 heterocycles. The summed E-state index contributed by atoms with van der Waals surface area (Å²) >= 11 is 0. The van der Waals surface area contributed by atoms with Crippen LogP contribution in [0.4, 0.5) is 0 Å². The quantitative estimate of drug-likeness (QED) is 0.666. The number of allylic oxidation sites excluding steroid dienone is 7. The van der Waals surface area contributed by atoms with Crippen molar-refractivity contribution in [3.05, 3.63) is 76.6 Å². The first-order valence-electron chi connectivity index (χ1n) is 6.97. The van der Waals surface area contributed by atoms with Crippen LogP contribution in [0.15, 0.2) is 81.5 Å². The van der Waals surface area contributed by atoms with Gasteiger partial charge in [0.1, 0.15) is 4.91 Å². The number of hydrogen-bond acceptors (Lipinski definition) is 0. The lowest BCUT2D eigenvalue weighted by Gasteiger charge is -2.14. The van der Waals surface area contributed by atoms with Crippen molar-refractivity contribution < 1.29 is 0 Å². The predicted molar refractivity (Wildman–Crippen MR) is 85.0 cm³/mol. The van der Waals surface area contributed by atoms with E-state index in [9.17, 15) is 0 Å². The van der Waals surface area contributed by atoms with Gasteiger partial charge in [-0.25, -0.2) is 0 Å². The number of benzene rings is 1. The molecule has 2 aliphatic carbocycles. The minimum Gasteiger partial charge on any atom is -0.0839 e. The Bertz CT molecular complexity index is 546. The second-order valence-electron chi connectivity index (χ2n) is 4.81. The monoisotopic (exact) mass is 267 g/mol. The molecule has 0 amide bonds. The Kier molecular flexibility index (Phi) is 4.04. The van der Waals surface area contributed by atoms with Crippen LogP contribution in [0, 0.1) is 0 Å². The third-order valence-corrected chi connectivity index (χ3v) is 5.80. The molecule has 1 aromatic rings. The summed E-state index contributed by atoms with van der Waals surface area (Å²) in [6.45, 7) is 0. The highest BCUT2D eigenvalue weighted by atomic mass is 32.2. The lowest BCUT2D eigenvalue weighted by atomic mass is 10.2. The van der Waals surface area contributed by atoms with Gasteiger partial charge >= 0.3 is 0 Å². The highest BCUT2D eigenvalue weighted by molar-refractivity contribution is 8.04. The van der Waals surface area contributed by atoms with E-state index in [1.807, 2.05) is 0 Å². The molecule has 1 aromatic carbocycles. The van der Waals surface area contributed by atoms with Crippen molar-refractivity contribution >= 4 is 10.9 Å². The minimum atomic E-state index is 0.123. The van der Waals surface area contributed by atoms with Crippen molar-refractivity contribution in [2.45, 2.75) is 30.6 Å². The normalized spacial score (nSPS) is 19.8. The van der Waals surface area contributed by atoms with E-state index in [1.165, 1.54) is 35.5 Å². The lowest BCUT2D eigenvalue weighted by Crippen LogP contribution is -2.10. The van der Waals surface area contributed by atoms with E-state index in [-0.39, 0.29) is 10.9 Å². The highest BCUT2D eigenvalue weighted by Crippen LogP contribution is 2.35. The Labute approximate surface area is 118 Å². The van der Waals surface area contributed by atoms with Gasteiger partial charge in [0.05, 0.1) is 10.9 Å². The summed E-state index contributed by atoms with van der Waals surface area (Å²) in [5.41, 5.74) is 0. The largest absolute Gasteiger partial charge is 0.166 e. The average molecular weight is 267 g/mol. The Morgan fingerprint density at radius 2 is 1.79 bits per heavy atom. The van der Waals surface area contributed by atoms with Gasteiger partial charge in [0, 0.05) is 6.42 Å². The van der Waals surface area contributed by atoms with Crippen LogP contribution in [0.5, 0.6) is 0 Å². The van der Waals surface area contributed by atoms with Gasteiger partial charge in [-0.3, -0.25) is 0 Å². The van der Waals surface area contributed by atoms with Gasteiger partial charge in [-0.15, -0.1) is 0 Å². The van der Waals surface area contributed by atoms with E-state index in [1.54, 1.807) is 4.91 Å². The summed E-state index contributed by atoms with van der Waals surface area (Å²) in [6, 6.07) is 11.0. The predicted octanol–water partition coefficient (Wildman–Crippen LogP) is 5.13. The zero-order valence-corrected chi connectivity index (χ0v) is 11.9. The molecular formula is C18H19S+. The highest BCUT2D eigenvalue weighted by Gasteiger charge is 2.32. The van der Waals surface area contributed by atoms with Crippen LogP contribution in [-0.2, 0) is 10.9 Å². The fraction of sp³-hybridized carbons (Fsp3) is 0.222. The van der Waals surface area contributed by atoms with Crippen LogP contribution in [0.2, 0.25) is 0 Å². The standard InChI is InChI=1S/C18H19S/c1-4-10-16(11-5-1)19(17-12-6-2-7-13-17)18-14-8-3-9-15-18/h1-2,4-6,8,10-12,14-15H,3,7,9,13H2/q+1. The van der Waals surface area contributed by atoms with Crippen LogP contribution < -0.4 is 0 Å². The number of rotatable bonds is 3. The van der Waals surface area contributed by atoms with E-state index < -0.39 is 0 Å². The summed E-state index contributed by atoms with van der Waals surface area (Å²) in [5.74, 6) is 0. The minimum absolute atomic E-state index is 0.123. The Hall–Kier alpha value is -1.47. The van der Waals surface area contributed by atoms with Crippen LogP contribution in [0.25, 0.3) is 0 Å². The third kappa shape index (κ3) is 2.93. The molecule has 1 heteroatoms. The maximum Gasteiger partial charge on any atom is 0.166 e. The Morgan fingerprint density at radius 3 is 2.47 bits per heavy atom. The van der Waals surface area contributed by atoms with Gasteiger partial charge in [-0.1, -0.05) is 36.4 Å². The molecular weight excluding hydrogens is 248 g/mol. The zero-order chi connectivity index (χ0) is 12.9. The van der Waals surface area contributed by atoms with Crippen molar-refractivity contribution in [3.8, 4) is 0 Å². The fourth-order valence-corrected chi connectivity index (χ4v) is 4.85. The lowest BCUT2D eigenvalue weighted by molar-refractivity contribution is 1.01. The Morgan fingerprint density at radius 1 is 0.895 bits per heavy atom. The van der Waals surface area contributed by atoms with Gasteiger partial charge in [0.2, 0.25) is 0 Å². The molecule has 0 aromatic heterocycles. The Balaban J connectivity index is 2.00. The summed E-state index contributed by atoms with van der Waals surface area (Å²) in [6.07, 6.45) is 18.6. The topological polar surface area (TPSA) is 0 Å². The molecule has 0 saturated heterocycles. The first kappa shape index (κ1) is 12.6. The molecule has 19 heavy (non-hydrogen) atoms. The maximum absolute atomic E-state index is 2.43. The molecule has 0 fully saturated rings. The van der Waals surface area contributed by atoms with Crippen LogP contribution in [0.3, 0.4) is 0 Å². The average Bonchev–Trinajstić information content (AvgIpc) is 2.51. The van der Waals surface area contributed by atoms with Crippen molar-refractivity contribution in [2.24, 2.45) is 0 Å². The maximum atomic E-state index is 2.43. The second kappa shape index (κ2) is 6.12. The van der Waals surface area contributed by atoms with E-state index in [4.69, 9.17) is 0 Å². The first-order chi connectivity index (χ1) is 9.45. The third-order valence-electron chi connectivity index (χ3n) is 3.41. The summed E-state index contributed by atoms with van der Waals surface area (Å²) in [7, 11) is 0.123. The van der Waals surface area contributed by atoms with Crippen molar-refractivity contribution in [3.63, 3.8) is 0 Å². The van der Waals surface area contributed by atoms with Crippen molar-refractivity contribution in [1.29, 1.82) is 0 Å². The molecule has 0 aliphatic heterocycles. The molecule has 2 aliphatic rings. The van der Waals surface area contributed by atoms with Gasteiger partial charge in [-0.05, 0) is 49.6 Å². The summed E-state index contributed by atoms with van der Waals surface area (Å²) in [5, 5.41) is 0. The summed E-state index contributed by atoms with van der Waals surface area (Å²) in [4.78, 5) is 4.52. The molecule has 0 radical (unpaired) electrons. The van der Waals surface area contributed by atoms with Crippen LogP contribution in [-0.4, -0.2) is 0 Å². The molecule has 0 spiro atoms. The van der Waals surface area contributed by atoms with Crippen LogP contribution >= 0.6 is 0 Å². The van der Waals surface area contributed by atoms with E-state index in [0.29, 0.717) is 0 Å². The molecule has 0 bridgehead atoms. The smallest absolute Gasteiger partial charge is 0.0839 e. The zero-order valence-electron chi connectivity index (χ0n) is 11.1. The van der Waals surface area contributed by atoms with Crippen molar-refractivity contribution in [2.75, 3.05) is 0 Å². The molecule has 3 rings (SSSR count). The van der Waals surface area contributed by atoms with Gasteiger partial charge in [0.15, 0.2) is 9.80 Å². The summed E-state index contributed by atoms with van der Waals surface area (Å²) < 4.78 is 0. The molecule has 0 saturated carbocycles.